The highest BCUT2D eigenvalue weighted by molar-refractivity contribution is 5.64. The zero-order valence-corrected chi connectivity index (χ0v) is 12.9. The number of rotatable bonds is 3. The molecule has 23 heavy (non-hydrogen) atoms. The molecular formula is C17H19FN4O. The fourth-order valence-corrected chi connectivity index (χ4v) is 3.25. The second-order valence-corrected chi connectivity index (χ2v) is 5.89. The molecule has 0 atom stereocenters. The van der Waals surface area contributed by atoms with Gasteiger partial charge < -0.3 is 15.0 Å². The summed E-state index contributed by atoms with van der Waals surface area (Å²) in [5.74, 6) is 0.577. The molecule has 2 aromatic rings. The number of hydrogen-bond acceptors (Lipinski definition) is 5. The lowest BCUT2D eigenvalue weighted by Gasteiger charge is -2.29. The average Bonchev–Trinajstić information content (AvgIpc) is 3.06. The monoisotopic (exact) mass is 314 g/mol. The summed E-state index contributed by atoms with van der Waals surface area (Å²) >= 11 is 0. The van der Waals surface area contributed by atoms with Crippen molar-refractivity contribution in [3.05, 3.63) is 41.6 Å². The molecule has 1 fully saturated rings. The molecule has 120 valence electrons. The highest BCUT2D eigenvalue weighted by Crippen LogP contribution is 2.29. The third kappa shape index (κ3) is 2.86. The van der Waals surface area contributed by atoms with Crippen molar-refractivity contribution in [3.63, 3.8) is 0 Å². The first-order valence-corrected chi connectivity index (χ1v) is 8.03. The van der Waals surface area contributed by atoms with Gasteiger partial charge in [-0.1, -0.05) is 0 Å². The summed E-state index contributed by atoms with van der Waals surface area (Å²) in [6, 6.07) is 5.26. The molecule has 2 heterocycles. The first kappa shape index (κ1) is 14.4. The lowest BCUT2D eigenvalue weighted by molar-refractivity contribution is 0.122. The predicted molar refractivity (Wildman–Crippen MR) is 86.8 cm³/mol. The van der Waals surface area contributed by atoms with Crippen LogP contribution in [-0.2, 0) is 17.6 Å². The predicted octanol–water partition coefficient (Wildman–Crippen LogP) is 2.68. The van der Waals surface area contributed by atoms with Crippen molar-refractivity contribution in [3.8, 4) is 0 Å². The second kappa shape index (κ2) is 6.12. The van der Waals surface area contributed by atoms with Crippen molar-refractivity contribution >= 4 is 17.2 Å². The quantitative estimate of drug-likeness (QED) is 0.944. The SMILES string of the molecule is Fc1cc(Nc2ncnc3c2CCC3)ccc1N1CCOCC1. The largest absolute Gasteiger partial charge is 0.378 e. The average molecular weight is 314 g/mol. The molecule has 0 radical (unpaired) electrons. The fraction of sp³-hybridized carbons (Fsp3) is 0.412. The molecule has 0 spiro atoms. The first-order chi connectivity index (χ1) is 11.3. The Bertz CT molecular complexity index is 716. The normalized spacial score (nSPS) is 17.2. The number of nitrogens with zero attached hydrogens (tertiary/aromatic N) is 3. The molecule has 5 nitrogen and oxygen atoms in total. The van der Waals surface area contributed by atoms with Gasteiger partial charge in [0.15, 0.2) is 0 Å². The van der Waals surface area contributed by atoms with E-state index < -0.39 is 0 Å². The Morgan fingerprint density at radius 2 is 2.00 bits per heavy atom. The number of ether oxygens (including phenoxy) is 1. The minimum absolute atomic E-state index is 0.220. The molecule has 1 aromatic carbocycles. The van der Waals surface area contributed by atoms with Crippen LogP contribution in [0.25, 0.3) is 0 Å². The molecule has 0 unspecified atom stereocenters. The van der Waals surface area contributed by atoms with Crippen LogP contribution in [0.15, 0.2) is 24.5 Å². The Kier molecular flexibility index (Phi) is 3.83. The summed E-state index contributed by atoms with van der Waals surface area (Å²) in [6.07, 6.45) is 4.65. The summed E-state index contributed by atoms with van der Waals surface area (Å²) in [5.41, 5.74) is 3.61. The number of hydrogen-bond donors (Lipinski definition) is 1. The highest BCUT2D eigenvalue weighted by Gasteiger charge is 2.18. The molecule has 1 N–H and O–H groups in total. The number of benzene rings is 1. The molecule has 1 saturated heterocycles. The fourth-order valence-electron chi connectivity index (χ4n) is 3.25. The number of halogens is 1. The van der Waals surface area contributed by atoms with Gasteiger partial charge in [0.2, 0.25) is 0 Å². The summed E-state index contributed by atoms with van der Waals surface area (Å²) in [4.78, 5) is 10.6. The van der Waals surface area contributed by atoms with Crippen molar-refractivity contribution < 1.29 is 9.13 Å². The van der Waals surface area contributed by atoms with E-state index in [1.165, 1.54) is 6.07 Å². The van der Waals surface area contributed by atoms with Gasteiger partial charge in [-0.3, -0.25) is 0 Å². The van der Waals surface area contributed by atoms with E-state index in [2.05, 4.69) is 15.3 Å². The maximum Gasteiger partial charge on any atom is 0.148 e. The third-order valence-corrected chi connectivity index (χ3v) is 4.44. The van der Waals surface area contributed by atoms with Crippen LogP contribution in [0.5, 0.6) is 0 Å². The maximum atomic E-state index is 14.5. The molecule has 0 amide bonds. The van der Waals surface area contributed by atoms with Crippen molar-refractivity contribution in [2.24, 2.45) is 0 Å². The Hall–Kier alpha value is -2.21. The van der Waals surface area contributed by atoms with Gasteiger partial charge in [-0.15, -0.1) is 0 Å². The topological polar surface area (TPSA) is 50.3 Å². The number of morpholine rings is 1. The van der Waals surface area contributed by atoms with Crippen LogP contribution in [0.4, 0.5) is 21.6 Å². The van der Waals surface area contributed by atoms with E-state index in [-0.39, 0.29) is 5.82 Å². The first-order valence-electron chi connectivity index (χ1n) is 8.03. The van der Waals surface area contributed by atoms with Gasteiger partial charge >= 0.3 is 0 Å². The third-order valence-electron chi connectivity index (χ3n) is 4.44. The summed E-state index contributed by atoms with van der Waals surface area (Å²) in [5, 5.41) is 3.24. The lowest BCUT2D eigenvalue weighted by Crippen LogP contribution is -2.36. The van der Waals surface area contributed by atoms with Gasteiger partial charge in [0.05, 0.1) is 18.9 Å². The van der Waals surface area contributed by atoms with Gasteiger partial charge in [0.1, 0.15) is 18.0 Å². The van der Waals surface area contributed by atoms with Crippen molar-refractivity contribution in [2.45, 2.75) is 19.3 Å². The van der Waals surface area contributed by atoms with Crippen LogP contribution < -0.4 is 10.2 Å². The smallest absolute Gasteiger partial charge is 0.148 e. The molecule has 0 bridgehead atoms. The van der Waals surface area contributed by atoms with Gasteiger partial charge in [-0.2, -0.15) is 0 Å². The van der Waals surface area contributed by atoms with Crippen LogP contribution in [-0.4, -0.2) is 36.3 Å². The molecule has 1 aliphatic carbocycles. The van der Waals surface area contributed by atoms with Gasteiger partial charge in [0, 0.05) is 30.0 Å². The van der Waals surface area contributed by atoms with Crippen molar-refractivity contribution in [1.29, 1.82) is 0 Å². The van der Waals surface area contributed by atoms with Gasteiger partial charge in [0.25, 0.3) is 0 Å². The Morgan fingerprint density at radius 3 is 2.83 bits per heavy atom. The summed E-state index contributed by atoms with van der Waals surface area (Å²) in [7, 11) is 0. The van der Waals surface area contributed by atoms with Gasteiger partial charge in [-0.25, -0.2) is 14.4 Å². The summed E-state index contributed by atoms with van der Waals surface area (Å²) < 4.78 is 19.8. The van der Waals surface area contributed by atoms with Crippen LogP contribution in [0.3, 0.4) is 0 Å². The molecule has 4 rings (SSSR count). The number of aromatic nitrogens is 2. The molecule has 1 aromatic heterocycles. The van der Waals surface area contributed by atoms with Crippen LogP contribution in [0, 0.1) is 5.82 Å². The second-order valence-electron chi connectivity index (χ2n) is 5.89. The maximum absolute atomic E-state index is 14.5. The number of nitrogens with one attached hydrogen (secondary N) is 1. The highest BCUT2D eigenvalue weighted by atomic mass is 19.1. The Morgan fingerprint density at radius 1 is 1.13 bits per heavy atom. The lowest BCUT2D eigenvalue weighted by atomic mass is 10.2. The Balaban J connectivity index is 1.56. The number of fused-ring (bicyclic) bond motifs is 1. The molecule has 0 saturated carbocycles. The standard InChI is InChI=1S/C17H19FN4O/c18-14-10-12(4-5-16(14)22-6-8-23-9-7-22)21-17-13-2-1-3-15(13)19-11-20-17/h4-5,10-11H,1-3,6-9H2,(H,19,20,21). The molecule has 1 aliphatic heterocycles. The number of anilines is 3. The van der Waals surface area contributed by atoms with Gasteiger partial charge in [-0.05, 0) is 37.5 Å². The van der Waals surface area contributed by atoms with E-state index in [0.717, 1.165) is 49.4 Å². The van der Waals surface area contributed by atoms with Crippen LogP contribution in [0.1, 0.15) is 17.7 Å². The van der Waals surface area contributed by atoms with Crippen LogP contribution in [0.2, 0.25) is 0 Å². The summed E-state index contributed by atoms with van der Waals surface area (Å²) in [6.45, 7) is 2.74. The van der Waals surface area contributed by atoms with E-state index in [9.17, 15) is 4.39 Å². The van der Waals surface area contributed by atoms with E-state index >= 15 is 0 Å². The minimum Gasteiger partial charge on any atom is -0.378 e. The van der Waals surface area contributed by atoms with Crippen molar-refractivity contribution in [2.75, 3.05) is 36.5 Å². The Labute approximate surface area is 134 Å². The molecule has 2 aliphatic rings. The van der Waals surface area contributed by atoms with E-state index in [0.29, 0.717) is 24.6 Å². The molecular weight excluding hydrogens is 295 g/mol. The zero-order chi connectivity index (χ0) is 15.6. The van der Waals surface area contributed by atoms with E-state index in [4.69, 9.17) is 4.74 Å². The minimum atomic E-state index is -0.220. The van der Waals surface area contributed by atoms with Crippen LogP contribution >= 0.6 is 0 Å². The van der Waals surface area contributed by atoms with E-state index in [1.54, 1.807) is 6.33 Å². The number of aryl methyl sites for hydroxylation is 1. The van der Waals surface area contributed by atoms with Crippen molar-refractivity contribution in [1.82, 2.24) is 9.97 Å². The zero-order valence-electron chi connectivity index (χ0n) is 12.9. The van der Waals surface area contributed by atoms with E-state index in [1.807, 2.05) is 17.0 Å². The molecule has 6 heteroatoms.